The highest BCUT2D eigenvalue weighted by atomic mass is 16.6. The molecule has 2 atom stereocenters. The molecule has 5 nitrogen and oxygen atoms in total. The first-order valence-electron chi connectivity index (χ1n) is 8.06. The monoisotopic (exact) mass is 326 g/mol. The number of carbonyl (C=O) groups excluding carboxylic acids is 1. The van der Waals surface area contributed by atoms with Crippen LogP contribution < -0.4 is 15.2 Å². The lowest BCUT2D eigenvalue weighted by atomic mass is 10.1. The molecule has 1 aliphatic heterocycles. The lowest BCUT2D eigenvalue weighted by Gasteiger charge is -2.30. The van der Waals surface area contributed by atoms with Gasteiger partial charge in [-0.2, -0.15) is 0 Å². The Labute approximate surface area is 142 Å². The van der Waals surface area contributed by atoms with Crippen LogP contribution in [0.15, 0.2) is 54.6 Å². The third-order valence-corrected chi connectivity index (χ3v) is 4.04. The number of amides is 1. The molecule has 0 fully saturated rings. The second kappa shape index (κ2) is 7.36. The van der Waals surface area contributed by atoms with Crippen LogP contribution in [0.2, 0.25) is 0 Å². The minimum Gasteiger partial charge on any atom is -0.486 e. The number of nitrogens with zero attached hydrogens (tertiary/aromatic N) is 1. The highest BCUT2D eigenvalue weighted by Crippen LogP contribution is 2.30. The topological polar surface area (TPSA) is 64.8 Å². The first-order chi connectivity index (χ1) is 11.6. The number of rotatable bonds is 5. The largest absolute Gasteiger partial charge is 0.486 e. The van der Waals surface area contributed by atoms with Crippen molar-refractivity contribution >= 4 is 5.91 Å². The molecule has 2 aromatic rings. The van der Waals surface area contributed by atoms with E-state index in [4.69, 9.17) is 15.2 Å². The highest BCUT2D eigenvalue weighted by Gasteiger charge is 2.25. The number of para-hydroxylation sites is 2. The molecule has 0 bridgehead atoms. The summed E-state index contributed by atoms with van der Waals surface area (Å²) in [6.07, 6.45) is 0.326. The summed E-state index contributed by atoms with van der Waals surface area (Å²) in [4.78, 5) is 14.1. The molecular formula is C19H22N2O3. The third-order valence-electron chi connectivity index (χ3n) is 4.04. The maximum Gasteiger partial charge on any atom is 0.239 e. The Morgan fingerprint density at radius 2 is 1.83 bits per heavy atom. The molecule has 0 radical (unpaired) electrons. The van der Waals surface area contributed by atoms with E-state index >= 15 is 0 Å². The van der Waals surface area contributed by atoms with Crippen LogP contribution in [0.25, 0.3) is 0 Å². The van der Waals surface area contributed by atoms with E-state index in [1.807, 2.05) is 54.6 Å². The summed E-state index contributed by atoms with van der Waals surface area (Å²) >= 11 is 0. The van der Waals surface area contributed by atoms with Crippen LogP contribution in [0.5, 0.6) is 11.5 Å². The Balaban J connectivity index is 1.55. The molecule has 0 unspecified atom stereocenters. The van der Waals surface area contributed by atoms with Gasteiger partial charge in [0.15, 0.2) is 17.6 Å². The molecule has 1 aliphatic rings. The first kappa shape index (κ1) is 16.3. The molecule has 0 saturated carbocycles. The van der Waals surface area contributed by atoms with E-state index in [9.17, 15) is 4.79 Å². The summed E-state index contributed by atoms with van der Waals surface area (Å²) < 4.78 is 11.6. The number of carbonyl (C=O) groups is 1. The van der Waals surface area contributed by atoms with Gasteiger partial charge in [0.2, 0.25) is 5.91 Å². The van der Waals surface area contributed by atoms with Crippen molar-refractivity contribution in [3.63, 3.8) is 0 Å². The fourth-order valence-electron chi connectivity index (χ4n) is 2.79. The summed E-state index contributed by atoms with van der Waals surface area (Å²) in [6, 6.07) is 16.8. The lowest BCUT2D eigenvalue weighted by Crippen LogP contribution is -2.48. The number of hydrogen-bond acceptors (Lipinski definition) is 4. The van der Waals surface area contributed by atoms with Gasteiger partial charge >= 0.3 is 0 Å². The predicted octanol–water partition coefficient (Wildman–Crippen LogP) is 1.85. The summed E-state index contributed by atoms with van der Waals surface area (Å²) in [5.74, 6) is 1.35. The van der Waals surface area contributed by atoms with Crippen molar-refractivity contribution in [2.75, 3.05) is 20.2 Å². The molecule has 5 heteroatoms. The number of hydrogen-bond donors (Lipinski definition) is 1. The smallest absolute Gasteiger partial charge is 0.239 e. The van der Waals surface area contributed by atoms with Crippen LogP contribution in [0.1, 0.15) is 5.56 Å². The van der Waals surface area contributed by atoms with Gasteiger partial charge in [-0.05, 0) is 24.1 Å². The molecule has 2 aromatic carbocycles. The standard InChI is InChI=1S/C19H22N2O3/c1-21(19(22)16(20)11-14-7-3-2-4-8-14)12-15-13-23-17-9-5-6-10-18(17)24-15/h2-10,15-16H,11-13,20H2,1H3/t15-,16+/m1/s1. The van der Waals surface area contributed by atoms with Crippen LogP contribution in [0.3, 0.4) is 0 Å². The van der Waals surface area contributed by atoms with E-state index in [1.165, 1.54) is 0 Å². The molecule has 0 aliphatic carbocycles. The van der Waals surface area contributed by atoms with Crippen molar-refractivity contribution in [3.8, 4) is 11.5 Å². The van der Waals surface area contributed by atoms with Crippen molar-refractivity contribution < 1.29 is 14.3 Å². The average Bonchev–Trinajstić information content (AvgIpc) is 2.61. The van der Waals surface area contributed by atoms with Gasteiger partial charge < -0.3 is 20.1 Å². The van der Waals surface area contributed by atoms with E-state index in [2.05, 4.69) is 0 Å². The third kappa shape index (κ3) is 3.86. The minimum atomic E-state index is -0.561. The fourth-order valence-corrected chi connectivity index (χ4v) is 2.79. The molecule has 3 rings (SSSR count). The second-order valence-corrected chi connectivity index (χ2v) is 6.01. The molecule has 0 spiro atoms. The van der Waals surface area contributed by atoms with Crippen molar-refractivity contribution in [1.29, 1.82) is 0 Å². The van der Waals surface area contributed by atoms with Gasteiger partial charge in [-0.1, -0.05) is 42.5 Å². The molecule has 1 heterocycles. The van der Waals surface area contributed by atoms with Gasteiger partial charge in [-0.25, -0.2) is 0 Å². The molecule has 0 saturated heterocycles. The van der Waals surface area contributed by atoms with Gasteiger partial charge in [0.1, 0.15) is 6.61 Å². The van der Waals surface area contributed by atoms with Gasteiger partial charge in [0.05, 0.1) is 12.6 Å². The van der Waals surface area contributed by atoms with Crippen LogP contribution in [0.4, 0.5) is 0 Å². The van der Waals surface area contributed by atoms with Crippen LogP contribution in [0, 0.1) is 0 Å². The average molecular weight is 326 g/mol. The van der Waals surface area contributed by atoms with Gasteiger partial charge in [0, 0.05) is 7.05 Å². The Hall–Kier alpha value is -2.53. The first-order valence-corrected chi connectivity index (χ1v) is 8.06. The van der Waals surface area contributed by atoms with Gasteiger partial charge in [-0.15, -0.1) is 0 Å². The van der Waals surface area contributed by atoms with Crippen LogP contribution in [-0.4, -0.2) is 43.2 Å². The van der Waals surface area contributed by atoms with Gasteiger partial charge in [0.25, 0.3) is 0 Å². The normalized spacial score (nSPS) is 17.2. The van der Waals surface area contributed by atoms with Crippen molar-refractivity contribution in [2.24, 2.45) is 5.73 Å². The Kier molecular flexibility index (Phi) is 5.01. The van der Waals surface area contributed by atoms with Gasteiger partial charge in [-0.3, -0.25) is 4.79 Å². The van der Waals surface area contributed by atoms with Crippen LogP contribution >= 0.6 is 0 Å². The number of fused-ring (bicyclic) bond motifs is 1. The van der Waals surface area contributed by atoms with E-state index in [1.54, 1.807) is 11.9 Å². The zero-order valence-corrected chi connectivity index (χ0v) is 13.7. The molecule has 24 heavy (non-hydrogen) atoms. The second-order valence-electron chi connectivity index (χ2n) is 6.01. The molecule has 1 amide bonds. The van der Waals surface area contributed by atoms with E-state index in [0.717, 1.165) is 11.3 Å². The molecule has 126 valence electrons. The SMILES string of the molecule is CN(C[C@@H]1COc2ccccc2O1)C(=O)[C@@H](N)Cc1ccccc1. The number of nitrogens with two attached hydrogens (primary N) is 1. The quantitative estimate of drug-likeness (QED) is 0.911. The van der Waals surface area contributed by atoms with Crippen LogP contribution in [-0.2, 0) is 11.2 Å². The predicted molar refractivity (Wildman–Crippen MR) is 92.1 cm³/mol. The van der Waals surface area contributed by atoms with Crippen molar-refractivity contribution in [3.05, 3.63) is 60.2 Å². The van der Waals surface area contributed by atoms with E-state index in [-0.39, 0.29) is 12.0 Å². The number of benzene rings is 2. The summed E-state index contributed by atoms with van der Waals surface area (Å²) in [6.45, 7) is 0.859. The maximum absolute atomic E-state index is 12.5. The number of ether oxygens (including phenoxy) is 2. The summed E-state index contributed by atoms with van der Waals surface area (Å²) in [5, 5.41) is 0. The zero-order chi connectivity index (χ0) is 16.9. The summed E-state index contributed by atoms with van der Waals surface area (Å²) in [7, 11) is 1.75. The zero-order valence-electron chi connectivity index (χ0n) is 13.7. The summed E-state index contributed by atoms with van der Waals surface area (Å²) in [5.41, 5.74) is 7.12. The lowest BCUT2D eigenvalue weighted by molar-refractivity contribution is -0.132. The van der Waals surface area contributed by atoms with Crippen molar-refractivity contribution in [1.82, 2.24) is 4.90 Å². The van der Waals surface area contributed by atoms with E-state index < -0.39 is 6.04 Å². The number of likely N-dealkylation sites (N-methyl/N-ethyl adjacent to an activating group) is 1. The minimum absolute atomic E-state index is 0.0960. The molecular weight excluding hydrogens is 304 g/mol. The Morgan fingerprint density at radius 3 is 2.58 bits per heavy atom. The van der Waals surface area contributed by atoms with Crippen molar-refractivity contribution in [2.45, 2.75) is 18.6 Å². The Bertz CT molecular complexity index is 690. The Morgan fingerprint density at radius 1 is 1.17 bits per heavy atom. The molecule has 0 aromatic heterocycles. The fraction of sp³-hybridized carbons (Fsp3) is 0.316. The maximum atomic E-state index is 12.5. The molecule has 2 N–H and O–H groups in total. The highest BCUT2D eigenvalue weighted by molar-refractivity contribution is 5.81. The van der Waals surface area contributed by atoms with E-state index in [0.29, 0.717) is 25.3 Å².